The molecule has 1 aliphatic rings. The molecule has 1 aliphatic heterocycles. The average molecular weight is 301 g/mol. The number of aryl methyl sites for hydroxylation is 2. The van der Waals surface area contributed by atoms with Crippen LogP contribution in [0.3, 0.4) is 0 Å². The summed E-state index contributed by atoms with van der Waals surface area (Å²) in [4.78, 5) is 12.0. The number of halogens is 1. The molecule has 0 unspecified atom stereocenters. The summed E-state index contributed by atoms with van der Waals surface area (Å²) in [7, 11) is 0. The van der Waals surface area contributed by atoms with E-state index in [-0.39, 0.29) is 24.2 Å². The van der Waals surface area contributed by atoms with Gasteiger partial charge in [-0.1, -0.05) is 0 Å². The monoisotopic (exact) mass is 300 g/mol. The Morgan fingerprint density at radius 3 is 3.00 bits per heavy atom. The van der Waals surface area contributed by atoms with E-state index in [1.165, 1.54) is 5.56 Å². The summed E-state index contributed by atoms with van der Waals surface area (Å²) >= 11 is 0. The first-order valence-corrected chi connectivity index (χ1v) is 7.16. The van der Waals surface area contributed by atoms with E-state index in [9.17, 15) is 4.79 Å². The molecule has 0 radical (unpaired) electrons. The highest BCUT2D eigenvalue weighted by atomic mass is 35.5. The summed E-state index contributed by atoms with van der Waals surface area (Å²) in [6.07, 6.45) is 5.70. The van der Waals surface area contributed by atoms with Crippen LogP contribution in [0.5, 0.6) is 0 Å². The summed E-state index contributed by atoms with van der Waals surface area (Å²) < 4.78 is 0. The zero-order valence-electron chi connectivity index (χ0n) is 12.2. The Hall–Kier alpha value is -1.07. The van der Waals surface area contributed by atoms with Crippen LogP contribution in [0.25, 0.3) is 0 Å². The Morgan fingerprint density at radius 2 is 2.35 bits per heavy atom. The lowest BCUT2D eigenvalue weighted by Crippen LogP contribution is -2.42. The highest BCUT2D eigenvalue weighted by Gasteiger charge is 2.24. The van der Waals surface area contributed by atoms with Crippen molar-refractivity contribution in [1.29, 1.82) is 0 Å². The van der Waals surface area contributed by atoms with Crippen LogP contribution < -0.4 is 10.6 Å². The minimum atomic E-state index is 0. The molecule has 1 aromatic heterocycles. The summed E-state index contributed by atoms with van der Waals surface area (Å²) in [5.74, 6) is 0.407. The van der Waals surface area contributed by atoms with E-state index >= 15 is 0 Å². The minimum Gasteiger partial charge on any atom is -0.356 e. The molecule has 6 heteroatoms. The van der Waals surface area contributed by atoms with Gasteiger partial charge < -0.3 is 10.6 Å². The van der Waals surface area contributed by atoms with Crippen LogP contribution >= 0.6 is 12.4 Å². The zero-order valence-corrected chi connectivity index (χ0v) is 13.1. The maximum absolute atomic E-state index is 12.0. The smallest absolute Gasteiger partial charge is 0.223 e. The molecule has 2 heterocycles. The molecule has 1 amide bonds. The standard InChI is InChI=1S/C14H24N4O.ClH/c1-10-8-12(5-7-15-10)14(19)16-6-3-4-13-9-17-18-11(13)2;/h9-10,12,15H,3-8H2,1-2H3,(H,16,19)(H,17,18);1H/t10-,12-;/m0./s1. The average Bonchev–Trinajstić information content (AvgIpc) is 2.80. The molecule has 20 heavy (non-hydrogen) atoms. The third-order valence-corrected chi connectivity index (χ3v) is 3.85. The summed E-state index contributed by atoms with van der Waals surface area (Å²) in [6, 6.07) is 0.457. The number of aromatic nitrogens is 2. The predicted molar refractivity (Wildman–Crippen MR) is 82.1 cm³/mol. The van der Waals surface area contributed by atoms with Gasteiger partial charge in [-0.05, 0) is 51.6 Å². The molecule has 3 N–H and O–H groups in total. The fourth-order valence-electron chi connectivity index (χ4n) is 2.63. The predicted octanol–water partition coefficient (Wildman–Crippen LogP) is 1.58. The van der Waals surface area contributed by atoms with E-state index in [0.29, 0.717) is 6.04 Å². The van der Waals surface area contributed by atoms with E-state index in [0.717, 1.165) is 44.5 Å². The van der Waals surface area contributed by atoms with Crippen LogP contribution in [0.15, 0.2) is 6.20 Å². The fourth-order valence-corrected chi connectivity index (χ4v) is 2.63. The summed E-state index contributed by atoms with van der Waals surface area (Å²) in [6.45, 7) is 5.87. The lowest BCUT2D eigenvalue weighted by Gasteiger charge is -2.27. The first kappa shape index (κ1) is 17.0. The van der Waals surface area contributed by atoms with E-state index in [2.05, 4.69) is 27.8 Å². The molecule has 0 aliphatic carbocycles. The van der Waals surface area contributed by atoms with Crippen LogP contribution in [0, 0.1) is 12.8 Å². The number of nitrogens with zero attached hydrogens (tertiary/aromatic N) is 1. The van der Waals surface area contributed by atoms with Gasteiger partial charge in [-0.3, -0.25) is 9.89 Å². The number of hydrogen-bond acceptors (Lipinski definition) is 3. The molecule has 1 saturated heterocycles. The number of nitrogens with one attached hydrogen (secondary N) is 3. The van der Waals surface area contributed by atoms with E-state index in [4.69, 9.17) is 0 Å². The van der Waals surface area contributed by atoms with Gasteiger partial charge in [0, 0.05) is 24.2 Å². The fraction of sp³-hybridized carbons (Fsp3) is 0.714. The molecule has 1 fully saturated rings. The van der Waals surface area contributed by atoms with Gasteiger partial charge >= 0.3 is 0 Å². The molecular weight excluding hydrogens is 276 g/mol. The number of hydrogen-bond donors (Lipinski definition) is 3. The quantitative estimate of drug-likeness (QED) is 0.723. The molecule has 0 saturated carbocycles. The van der Waals surface area contributed by atoms with Crippen LogP contribution in [-0.4, -0.2) is 35.2 Å². The lowest BCUT2D eigenvalue weighted by molar-refractivity contribution is -0.126. The molecule has 114 valence electrons. The van der Waals surface area contributed by atoms with Crippen molar-refractivity contribution in [3.63, 3.8) is 0 Å². The van der Waals surface area contributed by atoms with Crippen LogP contribution in [-0.2, 0) is 11.2 Å². The minimum absolute atomic E-state index is 0. The molecule has 1 aromatic rings. The van der Waals surface area contributed by atoms with Gasteiger partial charge in [-0.2, -0.15) is 5.10 Å². The van der Waals surface area contributed by atoms with E-state index in [1.54, 1.807) is 0 Å². The van der Waals surface area contributed by atoms with Crippen LogP contribution in [0.2, 0.25) is 0 Å². The number of rotatable bonds is 5. The van der Waals surface area contributed by atoms with Crippen molar-refractivity contribution in [1.82, 2.24) is 20.8 Å². The molecule has 2 atom stereocenters. The van der Waals surface area contributed by atoms with Gasteiger partial charge in [0.1, 0.15) is 0 Å². The number of aromatic amines is 1. The van der Waals surface area contributed by atoms with Crippen molar-refractivity contribution in [2.24, 2.45) is 5.92 Å². The molecule has 0 aromatic carbocycles. The first-order valence-electron chi connectivity index (χ1n) is 7.16. The normalized spacial score (nSPS) is 22.1. The Labute approximate surface area is 126 Å². The zero-order chi connectivity index (χ0) is 13.7. The van der Waals surface area contributed by atoms with Gasteiger partial charge in [-0.15, -0.1) is 12.4 Å². The van der Waals surface area contributed by atoms with E-state index < -0.39 is 0 Å². The van der Waals surface area contributed by atoms with E-state index in [1.807, 2.05) is 13.1 Å². The number of piperidine rings is 1. The van der Waals surface area contributed by atoms with Crippen molar-refractivity contribution >= 4 is 18.3 Å². The maximum atomic E-state index is 12.0. The van der Waals surface area contributed by atoms with Crippen LogP contribution in [0.4, 0.5) is 0 Å². The second kappa shape index (κ2) is 8.27. The SMILES string of the molecule is Cc1[nH]ncc1CCCNC(=O)[C@H]1CCN[C@@H](C)C1.Cl. The highest BCUT2D eigenvalue weighted by molar-refractivity contribution is 5.85. The van der Waals surface area contributed by atoms with Gasteiger partial charge in [0.15, 0.2) is 0 Å². The number of carbonyl (C=O) groups is 1. The van der Waals surface area contributed by atoms with Crippen molar-refractivity contribution in [2.75, 3.05) is 13.1 Å². The number of amides is 1. The van der Waals surface area contributed by atoms with Gasteiger partial charge in [0.05, 0.1) is 6.20 Å². The van der Waals surface area contributed by atoms with Gasteiger partial charge in [0.2, 0.25) is 5.91 Å². The Kier molecular flexibility index (Phi) is 7.02. The topological polar surface area (TPSA) is 69.8 Å². The molecule has 0 spiro atoms. The van der Waals surface area contributed by atoms with Gasteiger partial charge in [0.25, 0.3) is 0 Å². The second-order valence-corrected chi connectivity index (χ2v) is 5.49. The first-order chi connectivity index (χ1) is 9.16. The molecular formula is C14H25ClN4O. The Morgan fingerprint density at radius 1 is 1.55 bits per heavy atom. The number of H-pyrrole nitrogens is 1. The third kappa shape index (κ3) is 4.80. The largest absolute Gasteiger partial charge is 0.356 e. The number of carbonyl (C=O) groups excluding carboxylic acids is 1. The summed E-state index contributed by atoms with van der Waals surface area (Å²) in [5, 5.41) is 13.4. The Balaban J connectivity index is 0.00000200. The second-order valence-electron chi connectivity index (χ2n) is 5.49. The lowest BCUT2D eigenvalue weighted by atomic mass is 9.92. The highest BCUT2D eigenvalue weighted by Crippen LogP contribution is 2.16. The van der Waals surface area contributed by atoms with Crippen molar-refractivity contribution in [3.8, 4) is 0 Å². The molecule has 0 bridgehead atoms. The Bertz CT molecular complexity index is 421. The third-order valence-electron chi connectivity index (χ3n) is 3.85. The molecule has 2 rings (SSSR count). The molecule has 5 nitrogen and oxygen atoms in total. The van der Waals surface area contributed by atoms with Crippen molar-refractivity contribution in [3.05, 3.63) is 17.5 Å². The summed E-state index contributed by atoms with van der Waals surface area (Å²) in [5.41, 5.74) is 2.36. The van der Waals surface area contributed by atoms with Crippen LogP contribution in [0.1, 0.15) is 37.4 Å². The maximum Gasteiger partial charge on any atom is 0.223 e. The van der Waals surface area contributed by atoms with Gasteiger partial charge in [-0.25, -0.2) is 0 Å². The van der Waals surface area contributed by atoms with Crippen molar-refractivity contribution in [2.45, 2.75) is 45.6 Å². The van der Waals surface area contributed by atoms with Crippen molar-refractivity contribution < 1.29 is 4.79 Å².